The molecular weight excluding hydrogens is 367 g/mol. The number of fused-ring (bicyclic) bond motifs is 1. The van der Waals surface area contributed by atoms with Crippen LogP contribution in [0, 0.1) is 5.82 Å². The maximum Gasteiger partial charge on any atom is 0.344 e. The molecule has 0 saturated carbocycles. The summed E-state index contributed by atoms with van der Waals surface area (Å²) in [6.45, 7) is 0.415. The van der Waals surface area contributed by atoms with Crippen LogP contribution in [-0.2, 0) is 4.79 Å². The summed E-state index contributed by atoms with van der Waals surface area (Å²) in [5.41, 5.74) is 0.587. The number of carbonyl (C=O) groups is 2. The van der Waals surface area contributed by atoms with Crippen LogP contribution in [0.25, 0.3) is 22.1 Å². The third-order valence-electron chi connectivity index (χ3n) is 4.38. The van der Waals surface area contributed by atoms with Crippen molar-refractivity contribution in [2.45, 2.75) is 0 Å². The van der Waals surface area contributed by atoms with Gasteiger partial charge in [-0.1, -0.05) is 12.1 Å². The van der Waals surface area contributed by atoms with E-state index >= 15 is 0 Å². The summed E-state index contributed by atoms with van der Waals surface area (Å²) in [6.07, 6.45) is 0. The van der Waals surface area contributed by atoms with E-state index in [1.165, 1.54) is 30.3 Å². The Kier molecular flexibility index (Phi) is 4.52. The van der Waals surface area contributed by atoms with Gasteiger partial charge in [0.15, 0.2) is 6.61 Å². The van der Waals surface area contributed by atoms with Crippen LogP contribution in [0.5, 0.6) is 5.75 Å². The molecule has 1 fully saturated rings. The average Bonchev–Trinajstić information content (AvgIpc) is 3.12. The molecule has 0 bridgehead atoms. The first-order valence-electron chi connectivity index (χ1n) is 8.56. The highest BCUT2D eigenvalue weighted by atomic mass is 19.1. The number of hydrogen-bond acceptors (Lipinski definition) is 5. The van der Waals surface area contributed by atoms with Crippen LogP contribution >= 0.6 is 0 Å². The normalized spacial score (nSPS) is 13.6. The molecule has 0 spiro atoms. The van der Waals surface area contributed by atoms with E-state index < -0.39 is 23.4 Å². The molecule has 28 heavy (non-hydrogen) atoms. The molecule has 0 radical (unpaired) electrons. The third-order valence-corrected chi connectivity index (χ3v) is 4.38. The first kappa shape index (κ1) is 17.7. The van der Waals surface area contributed by atoms with Gasteiger partial charge in [0.1, 0.15) is 17.1 Å². The van der Waals surface area contributed by atoms with E-state index in [9.17, 15) is 18.8 Å². The van der Waals surface area contributed by atoms with Gasteiger partial charge in [0, 0.05) is 24.5 Å². The van der Waals surface area contributed by atoms with Crippen LogP contribution in [0.3, 0.4) is 0 Å². The number of rotatable bonds is 4. The summed E-state index contributed by atoms with van der Waals surface area (Å²) in [4.78, 5) is 36.9. The number of urea groups is 1. The molecule has 1 aromatic heterocycles. The minimum atomic E-state index is -0.568. The Labute approximate surface area is 158 Å². The molecule has 7 nitrogen and oxygen atoms in total. The van der Waals surface area contributed by atoms with Crippen molar-refractivity contribution >= 4 is 22.9 Å². The van der Waals surface area contributed by atoms with Crippen molar-refractivity contribution < 1.29 is 23.1 Å². The molecule has 2 heterocycles. The molecule has 3 amide bonds. The second-order valence-electron chi connectivity index (χ2n) is 6.22. The molecule has 8 heteroatoms. The molecule has 0 unspecified atom stereocenters. The van der Waals surface area contributed by atoms with Crippen LogP contribution in [-0.4, -0.2) is 36.5 Å². The maximum absolute atomic E-state index is 13.1. The number of carbonyl (C=O) groups excluding carboxylic acids is 2. The lowest BCUT2D eigenvalue weighted by Gasteiger charge is -2.13. The molecule has 1 aliphatic heterocycles. The van der Waals surface area contributed by atoms with Crippen molar-refractivity contribution in [1.82, 2.24) is 10.2 Å². The number of ether oxygens (including phenoxy) is 1. The van der Waals surface area contributed by atoms with Crippen LogP contribution in [0.4, 0.5) is 9.18 Å². The summed E-state index contributed by atoms with van der Waals surface area (Å²) in [5, 5.41) is 3.19. The minimum absolute atomic E-state index is 0.291. The monoisotopic (exact) mass is 382 g/mol. The molecule has 1 N–H and O–H groups in total. The fraction of sp³-hybridized carbons (Fsp3) is 0.150. The lowest BCUT2D eigenvalue weighted by Crippen LogP contribution is -2.37. The van der Waals surface area contributed by atoms with E-state index in [4.69, 9.17) is 9.15 Å². The molecular formula is C20H15FN2O5. The van der Waals surface area contributed by atoms with Crippen molar-refractivity contribution in [3.8, 4) is 16.9 Å². The number of hydrogen-bond donors (Lipinski definition) is 1. The summed E-state index contributed by atoms with van der Waals surface area (Å²) >= 11 is 0. The lowest BCUT2D eigenvalue weighted by molar-refractivity contribution is -0.129. The van der Waals surface area contributed by atoms with Crippen LogP contribution in [0.15, 0.2) is 57.7 Å². The van der Waals surface area contributed by atoms with E-state index in [0.29, 0.717) is 40.9 Å². The molecule has 0 aliphatic carbocycles. The number of nitrogens with one attached hydrogen (secondary N) is 1. The predicted molar refractivity (Wildman–Crippen MR) is 98.5 cm³/mol. The lowest BCUT2D eigenvalue weighted by atomic mass is 10.1. The Morgan fingerprint density at radius 2 is 1.93 bits per heavy atom. The van der Waals surface area contributed by atoms with E-state index in [1.54, 1.807) is 18.2 Å². The van der Waals surface area contributed by atoms with Crippen LogP contribution < -0.4 is 15.7 Å². The third kappa shape index (κ3) is 3.44. The fourth-order valence-corrected chi connectivity index (χ4v) is 2.94. The fourth-order valence-electron chi connectivity index (χ4n) is 2.94. The number of nitrogens with zero attached hydrogens (tertiary/aromatic N) is 1. The number of amides is 3. The van der Waals surface area contributed by atoms with Crippen LogP contribution in [0.1, 0.15) is 0 Å². The van der Waals surface area contributed by atoms with Gasteiger partial charge in [-0.15, -0.1) is 0 Å². The molecule has 142 valence electrons. The van der Waals surface area contributed by atoms with E-state index in [-0.39, 0.29) is 6.61 Å². The van der Waals surface area contributed by atoms with Gasteiger partial charge in [-0.2, -0.15) is 0 Å². The van der Waals surface area contributed by atoms with Gasteiger partial charge < -0.3 is 14.5 Å². The molecule has 3 aromatic rings. The van der Waals surface area contributed by atoms with Gasteiger partial charge >= 0.3 is 11.7 Å². The molecule has 4 rings (SSSR count). The highest BCUT2D eigenvalue weighted by Gasteiger charge is 2.26. The maximum atomic E-state index is 13.1. The van der Waals surface area contributed by atoms with Crippen molar-refractivity contribution in [2.75, 3.05) is 19.7 Å². The molecule has 1 aliphatic rings. The Morgan fingerprint density at radius 1 is 1.14 bits per heavy atom. The largest absolute Gasteiger partial charge is 0.484 e. The van der Waals surface area contributed by atoms with E-state index in [2.05, 4.69) is 5.32 Å². The van der Waals surface area contributed by atoms with Crippen LogP contribution in [0.2, 0.25) is 0 Å². The highest BCUT2D eigenvalue weighted by Crippen LogP contribution is 2.24. The molecule has 0 atom stereocenters. The highest BCUT2D eigenvalue weighted by molar-refractivity contribution is 5.96. The standard InChI is InChI=1S/C20H15FN2O5/c21-14-4-1-12(2-5-14)16-9-13-3-6-15(10-17(13)28-19(16)25)27-11-18(24)23-8-7-22-20(23)26/h1-6,9-10H,7-8,11H2,(H,22,26). The number of imide groups is 1. The van der Waals surface area contributed by atoms with Crippen molar-refractivity contribution in [3.05, 3.63) is 64.8 Å². The number of halogens is 1. The van der Waals surface area contributed by atoms with Gasteiger partial charge in [-0.05, 0) is 35.9 Å². The summed E-state index contributed by atoms with van der Waals surface area (Å²) in [5.74, 6) is -0.516. The molecule has 1 saturated heterocycles. The number of benzene rings is 2. The van der Waals surface area contributed by atoms with Crippen molar-refractivity contribution in [1.29, 1.82) is 0 Å². The van der Waals surface area contributed by atoms with Gasteiger partial charge in [0.2, 0.25) is 0 Å². The SMILES string of the molecule is O=C(COc1ccc2cc(-c3ccc(F)cc3)c(=O)oc2c1)N1CCNC1=O. The van der Waals surface area contributed by atoms with Gasteiger partial charge in [0.25, 0.3) is 5.91 Å². The van der Waals surface area contributed by atoms with Gasteiger partial charge in [-0.3, -0.25) is 9.69 Å². The summed E-state index contributed by atoms with van der Waals surface area (Å²) in [7, 11) is 0. The Balaban J connectivity index is 1.55. The Bertz CT molecular complexity index is 1120. The predicted octanol–water partition coefficient (Wildman–Crippen LogP) is 2.53. The first-order chi connectivity index (χ1) is 13.5. The quantitative estimate of drug-likeness (QED) is 0.701. The summed E-state index contributed by atoms with van der Waals surface area (Å²) < 4.78 is 23.9. The molecule has 2 aromatic carbocycles. The topological polar surface area (TPSA) is 88.8 Å². The Hall–Kier alpha value is -3.68. The minimum Gasteiger partial charge on any atom is -0.484 e. The van der Waals surface area contributed by atoms with Crippen molar-refractivity contribution in [2.24, 2.45) is 0 Å². The zero-order valence-corrected chi connectivity index (χ0v) is 14.6. The van der Waals surface area contributed by atoms with E-state index in [0.717, 1.165) is 4.90 Å². The summed E-state index contributed by atoms with van der Waals surface area (Å²) in [6, 6.07) is 11.6. The van der Waals surface area contributed by atoms with E-state index in [1.807, 2.05) is 0 Å². The van der Waals surface area contributed by atoms with Gasteiger partial charge in [0.05, 0.1) is 5.56 Å². The smallest absolute Gasteiger partial charge is 0.344 e. The van der Waals surface area contributed by atoms with Gasteiger partial charge in [-0.25, -0.2) is 14.0 Å². The van der Waals surface area contributed by atoms with Crippen molar-refractivity contribution in [3.63, 3.8) is 0 Å². The second kappa shape index (κ2) is 7.15. The first-order valence-corrected chi connectivity index (χ1v) is 8.56. The zero-order chi connectivity index (χ0) is 19.7. The zero-order valence-electron chi connectivity index (χ0n) is 14.6. The Morgan fingerprint density at radius 3 is 2.64 bits per heavy atom. The second-order valence-corrected chi connectivity index (χ2v) is 6.22. The average molecular weight is 382 g/mol.